The van der Waals surface area contributed by atoms with Gasteiger partial charge in [0, 0.05) is 28.2 Å². The van der Waals surface area contributed by atoms with Crippen molar-refractivity contribution in [3.05, 3.63) is 24.3 Å². The summed E-state index contributed by atoms with van der Waals surface area (Å²) in [6, 6.07) is 7.72. The van der Waals surface area contributed by atoms with Crippen molar-refractivity contribution in [3.63, 3.8) is 0 Å². The molecule has 0 saturated heterocycles. The van der Waals surface area contributed by atoms with Crippen LogP contribution >= 0.6 is 0 Å². The number of amides is 2. The van der Waals surface area contributed by atoms with Gasteiger partial charge in [-0.05, 0) is 12.1 Å². The second kappa shape index (κ2) is 5.83. The van der Waals surface area contributed by atoms with Crippen molar-refractivity contribution in [2.24, 2.45) is 0 Å². The molecule has 6 heteroatoms. The van der Waals surface area contributed by atoms with Crippen molar-refractivity contribution < 1.29 is 4.79 Å². The van der Waals surface area contributed by atoms with Crippen molar-refractivity contribution in [2.45, 2.75) is 0 Å². The number of benzene rings is 1. The zero-order valence-corrected chi connectivity index (χ0v) is 10.5. The highest BCUT2D eigenvalue weighted by molar-refractivity contribution is 5.73. The first-order valence-corrected chi connectivity index (χ1v) is 5.16. The van der Waals surface area contributed by atoms with Gasteiger partial charge >= 0.3 is 6.03 Å². The van der Waals surface area contributed by atoms with Crippen LogP contribution in [0.25, 0.3) is 11.0 Å². The lowest BCUT2D eigenvalue weighted by molar-refractivity contribution is 0.191. The summed E-state index contributed by atoms with van der Waals surface area (Å²) >= 11 is 0. The molecule has 0 aliphatic rings. The van der Waals surface area contributed by atoms with Crippen molar-refractivity contribution in [1.29, 1.82) is 0 Å². The Morgan fingerprint density at radius 3 is 1.71 bits per heavy atom. The van der Waals surface area contributed by atoms with Gasteiger partial charge in [-0.2, -0.15) is 15.4 Å². The fraction of sp³-hybridized carbons (Fsp3) is 0.364. The maximum atomic E-state index is 10.7. The molecule has 1 aromatic carbocycles. The van der Waals surface area contributed by atoms with E-state index >= 15 is 0 Å². The predicted molar refractivity (Wildman–Crippen MR) is 66.7 cm³/mol. The highest BCUT2D eigenvalue weighted by Crippen LogP contribution is 2.03. The number of aromatic nitrogens is 3. The lowest BCUT2D eigenvalue weighted by Crippen LogP contribution is -2.33. The molecule has 0 saturated carbocycles. The molecule has 1 heterocycles. The zero-order chi connectivity index (χ0) is 12.8. The summed E-state index contributed by atoms with van der Waals surface area (Å²) in [6.07, 6.45) is 0. The molecule has 1 aromatic heterocycles. The molecule has 0 spiro atoms. The normalized spacial score (nSPS) is 9.41. The first-order valence-electron chi connectivity index (χ1n) is 5.16. The number of nitrogens with one attached hydrogen (secondary N) is 1. The summed E-state index contributed by atoms with van der Waals surface area (Å²) in [6.45, 7) is 0. The summed E-state index contributed by atoms with van der Waals surface area (Å²) in [7, 11) is 6.90. The fourth-order valence-electron chi connectivity index (χ4n) is 1.19. The average Bonchev–Trinajstić information content (AvgIpc) is 2.76. The minimum atomic E-state index is 0.0185. The average molecular weight is 235 g/mol. The monoisotopic (exact) mass is 235 g/mol. The van der Waals surface area contributed by atoms with Gasteiger partial charge in [0.1, 0.15) is 11.0 Å². The van der Waals surface area contributed by atoms with Crippen LogP contribution in [0.5, 0.6) is 0 Å². The smallest absolute Gasteiger partial charge is 0.318 e. The molecule has 2 rings (SSSR count). The van der Waals surface area contributed by atoms with Gasteiger partial charge in [0.25, 0.3) is 0 Å². The van der Waals surface area contributed by atoms with E-state index in [0.29, 0.717) is 0 Å². The first kappa shape index (κ1) is 13.0. The van der Waals surface area contributed by atoms with E-state index in [2.05, 4.69) is 15.4 Å². The van der Waals surface area contributed by atoms with E-state index in [9.17, 15) is 4.79 Å². The fourth-order valence-corrected chi connectivity index (χ4v) is 1.19. The van der Waals surface area contributed by atoms with E-state index in [4.69, 9.17) is 0 Å². The summed E-state index contributed by atoms with van der Waals surface area (Å²) < 4.78 is 0. The van der Waals surface area contributed by atoms with Crippen LogP contribution < -0.4 is 0 Å². The number of rotatable bonds is 0. The summed E-state index contributed by atoms with van der Waals surface area (Å²) in [4.78, 5) is 13.8. The quantitative estimate of drug-likeness (QED) is 0.746. The van der Waals surface area contributed by atoms with E-state index in [1.807, 2.05) is 24.3 Å². The molecule has 0 bridgehead atoms. The molecule has 92 valence electrons. The van der Waals surface area contributed by atoms with E-state index in [1.165, 1.54) is 9.80 Å². The van der Waals surface area contributed by atoms with Crippen LogP contribution in [0, 0.1) is 0 Å². The minimum absolute atomic E-state index is 0.0185. The number of H-pyrrole nitrogens is 1. The number of nitrogens with zero attached hydrogens (tertiary/aromatic N) is 4. The lowest BCUT2D eigenvalue weighted by Gasteiger charge is -2.16. The van der Waals surface area contributed by atoms with Gasteiger partial charge in [-0.3, -0.25) is 0 Å². The number of carbonyl (C=O) groups is 1. The number of hydrogen-bond acceptors (Lipinski definition) is 3. The van der Waals surface area contributed by atoms with E-state index in [1.54, 1.807) is 28.2 Å². The lowest BCUT2D eigenvalue weighted by atomic mass is 10.3. The third-order valence-corrected chi connectivity index (χ3v) is 1.99. The Bertz CT molecular complexity index is 437. The van der Waals surface area contributed by atoms with Crippen molar-refractivity contribution in [3.8, 4) is 0 Å². The van der Waals surface area contributed by atoms with Crippen LogP contribution in [0.2, 0.25) is 0 Å². The first-order chi connectivity index (χ1) is 8.02. The molecular weight excluding hydrogens is 218 g/mol. The molecule has 0 aliphatic carbocycles. The number of aromatic amines is 1. The largest absolute Gasteiger partial charge is 0.331 e. The Hall–Kier alpha value is -2.11. The van der Waals surface area contributed by atoms with Gasteiger partial charge in [-0.25, -0.2) is 4.79 Å². The molecule has 0 unspecified atom stereocenters. The number of urea groups is 1. The van der Waals surface area contributed by atoms with Crippen LogP contribution in [0.4, 0.5) is 4.79 Å². The van der Waals surface area contributed by atoms with Gasteiger partial charge in [-0.15, -0.1) is 0 Å². The van der Waals surface area contributed by atoms with Crippen LogP contribution in [0.1, 0.15) is 0 Å². The molecule has 0 fully saturated rings. The number of fused-ring (bicyclic) bond motifs is 1. The van der Waals surface area contributed by atoms with Gasteiger partial charge in [-0.1, -0.05) is 12.1 Å². The molecule has 2 amide bonds. The maximum absolute atomic E-state index is 10.7. The SMILES string of the molecule is CN(C)C(=O)N(C)C.c1ccc2n[nH]nc2c1. The Morgan fingerprint density at radius 1 is 1.00 bits per heavy atom. The summed E-state index contributed by atoms with van der Waals surface area (Å²) in [5, 5.41) is 10.3. The Labute approximate surface area is 100 Å². The van der Waals surface area contributed by atoms with Crippen LogP contribution in [-0.4, -0.2) is 59.4 Å². The molecule has 6 nitrogen and oxygen atoms in total. The molecule has 1 N–H and O–H groups in total. The van der Waals surface area contributed by atoms with Gasteiger partial charge in [0.15, 0.2) is 0 Å². The van der Waals surface area contributed by atoms with Crippen molar-refractivity contribution in [2.75, 3.05) is 28.2 Å². The Balaban J connectivity index is 0.000000172. The summed E-state index contributed by atoms with van der Waals surface area (Å²) in [5.41, 5.74) is 1.83. The second-order valence-electron chi connectivity index (χ2n) is 3.88. The number of carbonyl (C=O) groups excluding carboxylic acids is 1. The van der Waals surface area contributed by atoms with E-state index in [-0.39, 0.29) is 6.03 Å². The third-order valence-electron chi connectivity index (χ3n) is 1.99. The van der Waals surface area contributed by atoms with Gasteiger partial charge in [0.05, 0.1) is 0 Å². The minimum Gasteiger partial charge on any atom is -0.331 e. The molecular formula is C11H17N5O. The van der Waals surface area contributed by atoms with Crippen molar-refractivity contribution in [1.82, 2.24) is 25.2 Å². The molecule has 17 heavy (non-hydrogen) atoms. The van der Waals surface area contributed by atoms with Gasteiger partial charge in [0.2, 0.25) is 0 Å². The third kappa shape index (κ3) is 3.75. The number of para-hydroxylation sites is 2. The maximum Gasteiger partial charge on any atom is 0.318 e. The highest BCUT2D eigenvalue weighted by atomic mass is 16.2. The Morgan fingerprint density at radius 2 is 1.41 bits per heavy atom. The van der Waals surface area contributed by atoms with Gasteiger partial charge < -0.3 is 9.80 Å². The van der Waals surface area contributed by atoms with Crippen LogP contribution in [0.15, 0.2) is 24.3 Å². The summed E-state index contributed by atoms with van der Waals surface area (Å²) in [5.74, 6) is 0. The second-order valence-corrected chi connectivity index (χ2v) is 3.88. The van der Waals surface area contributed by atoms with E-state index < -0.39 is 0 Å². The molecule has 0 radical (unpaired) electrons. The Kier molecular flexibility index (Phi) is 4.45. The standard InChI is InChI=1S/C6H5N3.C5H12N2O/c1-2-4-6-5(3-1)7-9-8-6;1-6(2)5(8)7(3)4/h1-4H,(H,7,8,9);1-4H3. The molecule has 0 aliphatic heterocycles. The van der Waals surface area contributed by atoms with Crippen LogP contribution in [0.3, 0.4) is 0 Å². The highest BCUT2D eigenvalue weighted by Gasteiger charge is 2.02. The predicted octanol–water partition coefficient (Wildman–Crippen LogP) is 1.19. The molecule has 0 atom stereocenters. The van der Waals surface area contributed by atoms with Crippen molar-refractivity contribution >= 4 is 17.1 Å². The zero-order valence-electron chi connectivity index (χ0n) is 10.5. The topological polar surface area (TPSA) is 65.1 Å². The molecule has 2 aromatic rings. The number of hydrogen-bond donors (Lipinski definition) is 1. The van der Waals surface area contributed by atoms with Crippen LogP contribution in [-0.2, 0) is 0 Å². The van der Waals surface area contributed by atoms with E-state index in [0.717, 1.165) is 11.0 Å².